The van der Waals surface area contributed by atoms with E-state index in [1.54, 1.807) is 4.90 Å². The quantitative estimate of drug-likeness (QED) is 0.411. The summed E-state index contributed by atoms with van der Waals surface area (Å²) in [5.41, 5.74) is -0.157. The van der Waals surface area contributed by atoms with Crippen molar-refractivity contribution < 1.29 is 24.0 Å². The molecule has 9 heteroatoms. The summed E-state index contributed by atoms with van der Waals surface area (Å²) in [5.74, 6) is -1.62. The standard InChI is InChI=1S/C19H25N3O6/c1-2-21(15-8-4-3-5-9-15)17(23)13-28-18(24)12-20-19(25)14-7-6-10-16(11-14)22(26)27/h6-7,10-11,15H,2-5,8-9,12-13H2,1H3,(H,20,25). The van der Waals surface area contributed by atoms with Crippen molar-refractivity contribution in [1.29, 1.82) is 0 Å². The van der Waals surface area contributed by atoms with Crippen LogP contribution in [0, 0.1) is 10.1 Å². The van der Waals surface area contributed by atoms with Crippen LogP contribution in [0.4, 0.5) is 5.69 Å². The summed E-state index contributed by atoms with van der Waals surface area (Å²) in [4.78, 5) is 48.1. The number of carbonyl (C=O) groups excluding carboxylic acids is 3. The minimum atomic E-state index is -0.744. The van der Waals surface area contributed by atoms with Gasteiger partial charge in [0, 0.05) is 30.3 Å². The fraction of sp³-hybridized carbons (Fsp3) is 0.526. The van der Waals surface area contributed by atoms with Gasteiger partial charge in [-0.3, -0.25) is 24.5 Å². The molecule has 28 heavy (non-hydrogen) atoms. The van der Waals surface area contributed by atoms with E-state index in [0.717, 1.165) is 31.7 Å². The number of nitrogens with one attached hydrogen (secondary N) is 1. The summed E-state index contributed by atoms with van der Waals surface area (Å²) in [6, 6.07) is 5.36. The molecule has 1 fully saturated rings. The number of non-ortho nitro benzene ring substituents is 1. The molecule has 2 rings (SSSR count). The zero-order chi connectivity index (χ0) is 20.5. The zero-order valence-electron chi connectivity index (χ0n) is 15.9. The normalized spacial score (nSPS) is 14.2. The van der Waals surface area contributed by atoms with Gasteiger partial charge < -0.3 is 15.0 Å². The number of likely N-dealkylation sites (N-methyl/N-ethyl adjacent to an activating group) is 1. The molecule has 1 aliphatic rings. The SMILES string of the molecule is CCN(C(=O)COC(=O)CNC(=O)c1cccc([N+](=O)[O-])c1)C1CCCCC1. The summed E-state index contributed by atoms with van der Waals surface area (Å²) in [6.45, 7) is 1.67. The number of ether oxygens (including phenoxy) is 1. The molecule has 0 unspecified atom stereocenters. The van der Waals surface area contributed by atoms with Crippen LogP contribution in [0.2, 0.25) is 0 Å². The molecule has 1 N–H and O–H groups in total. The number of amides is 2. The largest absolute Gasteiger partial charge is 0.454 e. The van der Waals surface area contributed by atoms with Crippen molar-refractivity contribution in [3.8, 4) is 0 Å². The van der Waals surface area contributed by atoms with Gasteiger partial charge in [0.25, 0.3) is 17.5 Å². The number of rotatable bonds is 8. The number of esters is 1. The predicted octanol–water partition coefficient (Wildman–Crippen LogP) is 2.05. The van der Waals surface area contributed by atoms with Crippen LogP contribution in [0.15, 0.2) is 24.3 Å². The average molecular weight is 391 g/mol. The Balaban J connectivity index is 1.78. The number of nitrogens with zero attached hydrogens (tertiary/aromatic N) is 2. The van der Waals surface area contributed by atoms with E-state index >= 15 is 0 Å². The lowest BCUT2D eigenvalue weighted by Crippen LogP contribution is -2.43. The molecule has 0 aromatic heterocycles. The van der Waals surface area contributed by atoms with Crippen LogP contribution in [0.3, 0.4) is 0 Å². The fourth-order valence-corrected chi connectivity index (χ4v) is 3.32. The number of nitro groups is 1. The predicted molar refractivity (Wildman–Crippen MR) is 101 cm³/mol. The number of nitro benzene ring substituents is 1. The van der Waals surface area contributed by atoms with E-state index in [9.17, 15) is 24.5 Å². The molecule has 0 atom stereocenters. The molecular formula is C19H25N3O6. The third-order valence-corrected chi connectivity index (χ3v) is 4.75. The summed E-state index contributed by atoms with van der Waals surface area (Å²) in [5, 5.41) is 13.1. The van der Waals surface area contributed by atoms with E-state index in [4.69, 9.17) is 4.74 Å². The maximum absolute atomic E-state index is 12.3. The average Bonchev–Trinajstić information content (AvgIpc) is 2.71. The third kappa shape index (κ3) is 6.04. The Kier molecular flexibility index (Phi) is 7.91. The highest BCUT2D eigenvalue weighted by atomic mass is 16.6. The second-order valence-corrected chi connectivity index (χ2v) is 6.62. The van der Waals surface area contributed by atoms with Crippen molar-refractivity contribution in [3.63, 3.8) is 0 Å². The highest BCUT2D eigenvalue weighted by Crippen LogP contribution is 2.22. The van der Waals surface area contributed by atoms with Gasteiger partial charge in [0.1, 0.15) is 6.54 Å². The van der Waals surface area contributed by atoms with E-state index in [-0.39, 0.29) is 29.8 Å². The summed E-state index contributed by atoms with van der Waals surface area (Å²) >= 11 is 0. The first kappa shape index (κ1) is 21.3. The first-order chi connectivity index (χ1) is 13.4. The van der Waals surface area contributed by atoms with Gasteiger partial charge in [0.15, 0.2) is 6.61 Å². The smallest absolute Gasteiger partial charge is 0.325 e. The van der Waals surface area contributed by atoms with Crippen LogP contribution < -0.4 is 5.32 Å². The van der Waals surface area contributed by atoms with Gasteiger partial charge in [-0.05, 0) is 25.8 Å². The van der Waals surface area contributed by atoms with Crippen molar-refractivity contribution in [1.82, 2.24) is 10.2 Å². The van der Waals surface area contributed by atoms with Crippen molar-refractivity contribution in [3.05, 3.63) is 39.9 Å². The van der Waals surface area contributed by atoms with E-state index in [0.29, 0.717) is 6.54 Å². The number of hydrogen-bond acceptors (Lipinski definition) is 6. The van der Waals surface area contributed by atoms with E-state index in [1.807, 2.05) is 6.92 Å². The molecular weight excluding hydrogens is 366 g/mol. The molecule has 0 spiro atoms. The molecule has 0 bridgehead atoms. The van der Waals surface area contributed by atoms with Crippen LogP contribution in [-0.2, 0) is 14.3 Å². The monoisotopic (exact) mass is 391 g/mol. The third-order valence-electron chi connectivity index (χ3n) is 4.75. The Labute approximate surface area is 163 Å². The fourth-order valence-electron chi connectivity index (χ4n) is 3.32. The Morgan fingerprint density at radius 2 is 1.96 bits per heavy atom. The van der Waals surface area contributed by atoms with Gasteiger partial charge in [0.2, 0.25) is 0 Å². The van der Waals surface area contributed by atoms with Crippen molar-refractivity contribution in [2.24, 2.45) is 0 Å². The van der Waals surface area contributed by atoms with E-state index in [2.05, 4.69) is 5.32 Å². The molecule has 0 radical (unpaired) electrons. The minimum Gasteiger partial charge on any atom is -0.454 e. The van der Waals surface area contributed by atoms with Gasteiger partial charge in [0.05, 0.1) is 4.92 Å². The van der Waals surface area contributed by atoms with E-state index in [1.165, 1.54) is 24.6 Å². The molecule has 0 aliphatic heterocycles. The molecule has 2 amide bonds. The molecule has 1 aromatic rings. The first-order valence-corrected chi connectivity index (χ1v) is 9.40. The van der Waals surface area contributed by atoms with Gasteiger partial charge in [-0.1, -0.05) is 25.3 Å². The number of benzene rings is 1. The van der Waals surface area contributed by atoms with Crippen LogP contribution >= 0.6 is 0 Å². The molecule has 1 saturated carbocycles. The lowest BCUT2D eigenvalue weighted by molar-refractivity contribution is -0.384. The lowest BCUT2D eigenvalue weighted by Gasteiger charge is -2.33. The molecule has 1 aliphatic carbocycles. The Bertz CT molecular complexity index is 730. The van der Waals surface area contributed by atoms with Gasteiger partial charge in [-0.25, -0.2) is 0 Å². The van der Waals surface area contributed by atoms with Gasteiger partial charge in [-0.15, -0.1) is 0 Å². The number of hydrogen-bond donors (Lipinski definition) is 1. The topological polar surface area (TPSA) is 119 Å². The van der Waals surface area contributed by atoms with Crippen LogP contribution in [0.5, 0.6) is 0 Å². The highest BCUT2D eigenvalue weighted by Gasteiger charge is 2.24. The molecule has 0 saturated heterocycles. The van der Waals surface area contributed by atoms with Crippen LogP contribution in [-0.4, -0.2) is 53.3 Å². The zero-order valence-corrected chi connectivity index (χ0v) is 15.9. The van der Waals surface area contributed by atoms with Crippen LogP contribution in [0.25, 0.3) is 0 Å². The lowest BCUT2D eigenvalue weighted by atomic mass is 9.94. The highest BCUT2D eigenvalue weighted by molar-refractivity contribution is 5.96. The van der Waals surface area contributed by atoms with Gasteiger partial charge >= 0.3 is 5.97 Å². The van der Waals surface area contributed by atoms with E-state index < -0.39 is 23.3 Å². The van der Waals surface area contributed by atoms with Crippen molar-refractivity contribution >= 4 is 23.5 Å². The summed E-state index contributed by atoms with van der Waals surface area (Å²) < 4.78 is 4.97. The minimum absolute atomic E-state index is 0.0625. The molecule has 9 nitrogen and oxygen atoms in total. The number of carbonyl (C=O) groups is 3. The second-order valence-electron chi connectivity index (χ2n) is 6.62. The Hall–Kier alpha value is -2.97. The summed E-state index contributed by atoms with van der Waals surface area (Å²) in [6.07, 6.45) is 5.30. The summed E-state index contributed by atoms with van der Waals surface area (Å²) in [7, 11) is 0. The first-order valence-electron chi connectivity index (χ1n) is 9.40. The maximum Gasteiger partial charge on any atom is 0.325 e. The molecule has 152 valence electrons. The molecule has 0 heterocycles. The maximum atomic E-state index is 12.3. The molecule has 1 aromatic carbocycles. The Morgan fingerprint density at radius 3 is 2.61 bits per heavy atom. The van der Waals surface area contributed by atoms with Crippen molar-refractivity contribution in [2.45, 2.75) is 45.1 Å². The van der Waals surface area contributed by atoms with Crippen molar-refractivity contribution in [2.75, 3.05) is 19.7 Å². The second kappa shape index (κ2) is 10.4. The van der Waals surface area contributed by atoms with Crippen LogP contribution in [0.1, 0.15) is 49.4 Å². The Morgan fingerprint density at radius 1 is 1.25 bits per heavy atom. The van der Waals surface area contributed by atoms with Gasteiger partial charge in [-0.2, -0.15) is 0 Å².